The van der Waals surface area contributed by atoms with Crippen LogP contribution in [0.5, 0.6) is 0 Å². The van der Waals surface area contributed by atoms with Crippen molar-refractivity contribution >= 4 is 23.3 Å². The van der Waals surface area contributed by atoms with E-state index >= 15 is 0 Å². The highest BCUT2D eigenvalue weighted by atomic mass is 16.2. The van der Waals surface area contributed by atoms with E-state index in [9.17, 15) is 9.59 Å². The van der Waals surface area contributed by atoms with Gasteiger partial charge >= 0.3 is 0 Å². The van der Waals surface area contributed by atoms with Crippen LogP contribution in [0.1, 0.15) is 17.5 Å². The zero-order chi connectivity index (χ0) is 20.6. The van der Waals surface area contributed by atoms with E-state index in [4.69, 9.17) is 11.1 Å². The van der Waals surface area contributed by atoms with Crippen molar-refractivity contribution in [1.29, 1.82) is 5.41 Å². The fourth-order valence-electron chi connectivity index (χ4n) is 2.91. The largest absolute Gasteiger partial charge is 0.384 e. The second-order valence-corrected chi connectivity index (χ2v) is 6.52. The van der Waals surface area contributed by atoms with E-state index in [2.05, 4.69) is 10.6 Å². The molecule has 6 nitrogen and oxygen atoms in total. The Morgan fingerprint density at radius 3 is 2.17 bits per heavy atom. The number of amidine groups is 1. The molecule has 0 fully saturated rings. The third-order valence-corrected chi connectivity index (χ3v) is 4.38. The first-order valence-corrected chi connectivity index (χ1v) is 9.17. The molecule has 29 heavy (non-hydrogen) atoms. The van der Waals surface area contributed by atoms with E-state index in [0.29, 0.717) is 17.8 Å². The zero-order valence-electron chi connectivity index (χ0n) is 15.8. The molecule has 0 aromatic heterocycles. The number of amides is 2. The van der Waals surface area contributed by atoms with Gasteiger partial charge in [-0.05, 0) is 41.0 Å². The maximum absolute atomic E-state index is 12.2. The molecule has 0 radical (unpaired) electrons. The van der Waals surface area contributed by atoms with Crippen LogP contribution in [0, 0.1) is 5.41 Å². The molecule has 0 bridgehead atoms. The molecular weight excluding hydrogens is 364 g/mol. The molecular formula is C23H22N4O2. The van der Waals surface area contributed by atoms with Gasteiger partial charge in [-0.3, -0.25) is 15.0 Å². The lowest BCUT2D eigenvalue weighted by atomic mass is 10.00. The number of nitrogens with two attached hydrogens (primary N) is 1. The molecule has 5 N–H and O–H groups in total. The van der Waals surface area contributed by atoms with E-state index < -0.39 is 5.91 Å². The minimum Gasteiger partial charge on any atom is -0.384 e. The lowest BCUT2D eigenvalue weighted by Crippen LogP contribution is -2.28. The highest BCUT2D eigenvalue weighted by Crippen LogP contribution is 2.23. The lowest BCUT2D eigenvalue weighted by molar-refractivity contribution is -0.126. The first-order valence-electron chi connectivity index (χ1n) is 9.17. The van der Waals surface area contributed by atoms with E-state index in [1.807, 2.05) is 54.6 Å². The van der Waals surface area contributed by atoms with Gasteiger partial charge in [0.2, 0.25) is 11.8 Å². The summed E-state index contributed by atoms with van der Waals surface area (Å²) in [4.78, 5) is 24.3. The summed E-state index contributed by atoms with van der Waals surface area (Å²) in [6.07, 6.45) is -0.276. The number of hydrogen-bond donors (Lipinski definition) is 4. The summed E-state index contributed by atoms with van der Waals surface area (Å²) in [5, 5.41) is 12.8. The number of nitrogens with one attached hydrogen (secondary N) is 3. The summed E-state index contributed by atoms with van der Waals surface area (Å²) < 4.78 is 0. The number of anilines is 1. The molecule has 0 aliphatic carbocycles. The molecule has 0 spiro atoms. The van der Waals surface area contributed by atoms with Crippen LogP contribution in [0.4, 0.5) is 5.69 Å². The lowest BCUT2D eigenvalue weighted by Gasteiger charge is -2.11. The molecule has 3 rings (SSSR count). The first kappa shape index (κ1) is 19.8. The summed E-state index contributed by atoms with van der Waals surface area (Å²) in [6, 6.07) is 24.3. The molecule has 2 amide bonds. The van der Waals surface area contributed by atoms with Gasteiger partial charge in [0.05, 0.1) is 0 Å². The highest BCUT2D eigenvalue weighted by molar-refractivity contribution is 6.04. The summed E-state index contributed by atoms with van der Waals surface area (Å²) in [5.41, 5.74) is 9.61. The van der Waals surface area contributed by atoms with E-state index in [0.717, 1.165) is 16.7 Å². The molecule has 0 saturated carbocycles. The molecule has 3 aromatic carbocycles. The third-order valence-electron chi connectivity index (χ3n) is 4.38. The predicted octanol–water partition coefficient (Wildman–Crippen LogP) is 3.28. The summed E-state index contributed by atoms with van der Waals surface area (Å²) >= 11 is 0. The van der Waals surface area contributed by atoms with Gasteiger partial charge in [0.25, 0.3) is 0 Å². The minimum atomic E-state index is -0.408. The van der Waals surface area contributed by atoms with Crippen LogP contribution in [0.15, 0.2) is 78.9 Å². The van der Waals surface area contributed by atoms with Gasteiger partial charge in [0.1, 0.15) is 12.3 Å². The van der Waals surface area contributed by atoms with Crippen molar-refractivity contribution in [3.8, 4) is 11.1 Å². The molecule has 0 unspecified atom stereocenters. The normalized spacial score (nSPS) is 10.2. The van der Waals surface area contributed by atoms with Crippen LogP contribution in [0.3, 0.4) is 0 Å². The third kappa shape index (κ3) is 5.52. The fourth-order valence-corrected chi connectivity index (χ4v) is 2.91. The van der Waals surface area contributed by atoms with Crippen molar-refractivity contribution in [3.63, 3.8) is 0 Å². The Morgan fingerprint density at radius 1 is 0.828 bits per heavy atom. The van der Waals surface area contributed by atoms with Crippen molar-refractivity contribution in [1.82, 2.24) is 5.32 Å². The number of hydrogen-bond acceptors (Lipinski definition) is 3. The molecule has 3 aromatic rings. The van der Waals surface area contributed by atoms with E-state index in [1.165, 1.54) is 0 Å². The Bertz CT molecular complexity index is 1010. The van der Waals surface area contributed by atoms with Crippen LogP contribution in [0.25, 0.3) is 11.1 Å². The van der Waals surface area contributed by atoms with Gasteiger partial charge in [-0.15, -0.1) is 0 Å². The summed E-state index contributed by atoms with van der Waals surface area (Å²) in [6.45, 7) is 0.338. The Balaban J connectivity index is 1.55. The summed E-state index contributed by atoms with van der Waals surface area (Å²) in [7, 11) is 0. The van der Waals surface area contributed by atoms with Gasteiger partial charge in [-0.25, -0.2) is 0 Å². The van der Waals surface area contributed by atoms with Gasteiger partial charge < -0.3 is 16.4 Å². The number of nitrogen functional groups attached to an aromatic ring is 1. The Labute approximate surface area is 169 Å². The van der Waals surface area contributed by atoms with Crippen molar-refractivity contribution < 1.29 is 9.59 Å². The highest BCUT2D eigenvalue weighted by Gasteiger charge is 2.11. The van der Waals surface area contributed by atoms with E-state index in [-0.39, 0.29) is 18.2 Å². The van der Waals surface area contributed by atoms with Crippen molar-refractivity contribution in [3.05, 3.63) is 90.0 Å². The molecule has 146 valence electrons. The van der Waals surface area contributed by atoms with Crippen molar-refractivity contribution in [2.45, 2.75) is 13.0 Å². The van der Waals surface area contributed by atoms with Crippen LogP contribution >= 0.6 is 0 Å². The Hall–Kier alpha value is -3.93. The molecule has 0 aliphatic rings. The standard InChI is InChI=1S/C23H22N4O2/c24-23(25)17-10-12-19(13-11-17)27-22(29)14-21(28)26-15-18-8-4-5-9-20(18)16-6-2-1-3-7-16/h1-13H,14-15H2,(H3,24,25)(H,26,28)(H,27,29). The fraction of sp³-hybridized carbons (Fsp3) is 0.0870. The van der Waals surface area contributed by atoms with Gasteiger partial charge in [-0.2, -0.15) is 0 Å². The molecule has 6 heteroatoms. The predicted molar refractivity (Wildman–Crippen MR) is 114 cm³/mol. The summed E-state index contributed by atoms with van der Waals surface area (Å²) in [5.74, 6) is -0.807. The number of carbonyl (C=O) groups is 2. The van der Waals surface area contributed by atoms with Gasteiger partial charge in [0, 0.05) is 17.8 Å². The van der Waals surface area contributed by atoms with Crippen LogP contribution in [0.2, 0.25) is 0 Å². The smallest absolute Gasteiger partial charge is 0.233 e. The Morgan fingerprint density at radius 2 is 1.48 bits per heavy atom. The quantitative estimate of drug-likeness (QED) is 0.284. The maximum Gasteiger partial charge on any atom is 0.233 e. The van der Waals surface area contributed by atoms with E-state index in [1.54, 1.807) is 24.3 Å². The average molecular weight is 386 g/mol. The van der Waals surface area contributed by atoms with Gasteiger partial charge in [0.15, 0.2) is 0 Å². The SMILES string of the molecule is N=C(N)c1ccc(NC(=O)CC(=O)NCc2ccccc2-c2ccccc2)cc1. The topological polar surface area (TPSA) is 108 Å². The number of carbonyl (C=O) groups excluding carboxylic acids is 2. The molecule has 0 saturated heterocycles. The molecule has 0 aliphatic heterocycles. The average Bonchev–Trinajstić information content (AvgIpc) is 2.73. The maximum atomic E-state index is 12.2. The van der Waals surface area contributed by atoms with Crippen LogP contribution < -0.4 is 16.4 Å². The Kier molecular flexibility index (Phi) is 6.37. The minimum absolute atomic E-state index is 0.0435. The number of benzene rings is 3. The first-order chi connectivity index (χ1) is 14.0. The second-order valence-electron chi connectivity index (χ2n) is 6.52. The monoisotopic (exact) mass is 386 g/mol. The van der Waals surface area contributed by atoms with Crippen LogP contribution in [-0.2, 0) is 16.1 Å². The van der Waals surface area contributed by atoms with Crippen molar-refractivity contribution in [2.75, 3.05) is 5.32 Å². The van der Waals surface area contributed by atoms with Crippen molar-refractivity contribution in [2.24, 2.45) is 5.73 Å². The molecule has 0 atom stereocenters. The zero-order valence-corrected chi connectivity index (χ0v) is 15.8. The van der Waals surface area contributed by atoms with Gasteiger partial charge in [-0.1, -0.05) is 54.6 Å². The number of rotatable bonds is 7. The van der Waals surface area contributed by atoms with Crippen LogP contribution in [-0.4, -0.2) is 17.6 Å². The molecule has 0 heterocycles. The second kappa shape index (κ2) is 9.32.